The van der Waals surface area contributed by atoms with E-state index in [0.29, 0.717) is 49.0 Å². The van der Waals surface area contributed by atoms with Crippen LogP contribution in [0.5, 0.6) is 11.5 Å². The molecule has 1 saturated heterocycles. The fourth-order valence-electron chi connectivity index (χ4n) is 3.18. The second kappa shape index (κ2) is 12.5. The summed E-state index contributed by atoms with van der Waals surface area (Å²) in [6.45, 7) is 4.75. The van der Waals surface area contributed by atoms with Gasteiger partial charge < -0.3 is 29.5 Å². The molecule has 1 fully saturated rings. The van der Waals surface area contributed by atoms with Crippen molar-refractivity contribution in [1.82, 2.24) is 15.0 Å². The van der Waals surface area contributed by atoms with Crippen LogP contribution in [-0.2, 0) is 9.57 Å². The molecule has 2 aromatic heterocycles. The summed E-state index contributed by atoms with van der Waals surface area (Å²) in [5, 5.41) is 14.6. The molecular weight excluding hydrogens is 448 g/mol. The van der Waals surface area contributed by atoms with Crippen molar-refractivity contribution in [3.63, 3.8) is 0 Å². The van der Waals surface area contributed by atoms with E-state index >= 15 is 0 Å². The van der Waals surface area contributed by atoms with Crippen LogP contribution in [-0.4, -0.2) is 71.1 Å². The first-order valence-electron chi connectivity index (χ1n) is 10.8. The van der Waals surface area contributed by atoms with E-state index in [9.17, 15) is 4.79 Å². The molecule has 0 aliphatic carbocycles. The fraction of sp³-hybridized carbons (Fsp3) is 0.500. The highest BCUT2D eigenvalue weighted by Gasteiger charge is 2.25. The Morgan fingerprint density at radius 2 is 2.06 bits per heavy atom. The van der Waals surface area contributed by atoms with Gasteiger partial charge in [0.15, 0.2) is 11.6 Å². The van der Waals surface area contributed by atoms with Crippen LogP contribution in [0.1, 0.15) is 26.7 Å². The van der Waals surface area contributed by atoms with Crippen molar-refractivity contribution in [1.29, 1.82) is 0 Å². The van der Waals surface area contributed by atoms with E-state index in [4.69, 9.17) is 24.2 Å². The molecule has 3 heterocycles. The minimum atomic E-state index is -0.689. The van der Waals surface area contributed by atoms with Gasteiger partial charge in [-0.15, -0.1) is 16.8 Å². The van der Waals surface area contributed by atoms with E-state index in [-0.39, 0.29) is 18.8 Å². The Kier molecular flexibility index (Phi) is 9.40. The maximum atomic E-state index is 11.7. The first-order chi connectivity index (χ1) is 16.0. The van der Waals surface area contributed by atoms with Gasteiger partial charge in [-0.25, -0.2) is 14.8 Å². The third-order valence-electron chi connectivity index (χ3n) is 4.64. The summed E-state index contributed by atoms with van der Waals surface area (Å²) in [5.74, 6) is 2.19. The summed E-state index contributed by atoms with van der Waals surface area (Å²) in [5.41, 5.74) is 0.755. The molecule has 0 bridgehead atoms. The van der Waals surface area contributed by atoms with Gasteiger partial charge in [0.2, 0.25) is 5.75 Å². The number of ether oxygens (including phenoxy) is 3. The van der Waals surface area contributed by atoms with Gasteiger partial charge in [0.1, 0.15) is 6.10 Å². The predicted octanol–water partition coefficient (Wildman–Crippen LogP) is 3.63. The number of methoxy groups -OCH3 is 1. The van der Waals surface area contributed by atoms with E-state index < -0.39 is 6.16 Å². The van der Waals surface area contributed by atoms with Crippen LogP contribution in [0.2, 0.25) is 0 Å². The van der Waals surface area contributed by atoms with Crippen molar-refractivity contribution in [3.05, 3.63) is 30.6 Å². The standard InChI is InChI=1S/C22H30N4O6S/c1-15(2)30-22(28)32-26-10-7-17(8-11-26)31-18-6-9-23-21(20(18)29-3)25-16-4-5-19(24-14-16)33-13-12-27/h4-6,9,14-15,17,27H,7-8,10-13H2,1-3H3,(H,23,25). The van der Waals surface area contributed by atoms with Gasteiger partial charge in [0.05, 0.1) is 36.7 Å². The van der Waals surface area contributed by atoms with Gasteiger partial charge in [-0.3, -0.25) is 0 Å². The number of aliphatic hydroxyl groups excluding tert-OH is 1. The Hall–Kier alpha value is -2.76. The lowest BCUT2D eigenvalue weighted by molar-refractivity contribution is -0.151. The quantitative estimate of drug-likeness (QED) is 0.385. The average molecular weight is 479 g/mol. The molecule has 180 valence electrons. The first-order valence-corrected chi connectivity index (χ1v) is 11.8. The molecule has 0 saturated carbocycles. The third-order valence-corrected chi connectivity index (χ3v) is 5.57. The Balaban J connectivity index is 1.58. The number of pyridine rings is 2. The van der Waals surface area contributed by atoms with Crippen LogP contribution < -0.4 is 14.8 Å². The van der Waals surface area contributed by atoms with Crippen molar-refractivity contribution >= 4 is 29.4 Å². The first kappa shape index (κ1) is 24.9. The number of hydrogen-bond donors (Lipinski definition) is 2. The topological polar surface area (TPSA) is 115 Å². The van der Waals surface area contributed by atoms with Gasteiger partial charge in [-0.1, -0.05) is 0 Å². The molecule has 1 aliphatic heterocycles. The maximum absolute atomic E-state index is 11.7. The van der Waals surface area contributed by atoms with Crippen LogP contribution in [0.3, 0.4) is 0 Å². The Bertz CT molecular complexity index is 891. The highest BCUT2D eigenvalue weighted by molar-refractivity contribution is 7.99. The van der Waals surface area contributed by atoms with Crippen molar-refractivity contribution in [3.8, 4) is 11.5 Å². The lowest BCUT2D eigenvalue weighted by Crippen LogP contribution is -2.39. The summed E-state index contributed by atoms with van der Waals surface area (Å²) in [6.07, 6.45) is 3.75. The summed E-state index contributed by atoms with van der Waals surface area (Å²) in [7, 11) is 1.57. The number of carbonyl (C=O) groups excluding carboxylic acids is 1. The molecule has 0 radical (unpaired) electrons. The Labute approximate surface area is 197 Å². The van der Waals surface area contributed by atoms with Crippen LogP contribution in [0, 0.1) is 0 Å². The fourth-order valence-corrected chi connectivity index (χ4v) is 3.77. The normalized spacial score (nSPS) is 14.7. The third kappa shape index (κ3) is 7.65. The smallest absolute Gasteiger partial charge is 0.490 e. The minimum absolute atomic E-state index is 0.0559. The van der Waals surface area contributed by atoms with E-state index in [0.717, 1.165) is 10.7 Å². The largest absolute Gasteiger partial charge is 0.528 e. The van der Waals surface area contributed by atoms with Crippen molar-refractivity contribution < 1.29 is 28.9 Å². The summed E-state index contributed by atoms with van der Waals surface area (Å²) in [4.78, 5) is 25.6. The lowest BCUT2D eigenvalue weighted by Gasteiger charge is -2.30. The zero-order valence-electron chi connectivity index (χ0n) is 19.0. The molecule has 2 N–H and O–H groups in total. The molecule has 11 heteroatoms. The molecule has 2 aromatic rings. The molecule has 1 aliphatic rings. The summed E-state index contributed by atoms with van der Waals surface area (Å²) in [6, 6.07) is 5.53. The number of hydrogen-bond acceptors (Lipinski definition) is 11. The Morgan fingerprint density at radius 3 is 2.70 bits per heavy atom. The monoisotopic (exact) mass is 478 g/mol. The van der Waals surface area contributed by atoms with Crippen molar-refractivity contribution in [2.45, 2.75) is 43.9 Å². The van der Waals surface area contributed by atoms with E-state index in [2.05, 4.69) is 15.3 Å². The number of piperidine rings is 1. The van der Waals surface area contributed by atoms with Crippen LogP contribution >= 0.6 is 11.8 Å². The summed E-state index contributed by atoms with van der Waals surface area (Å²) < 4.78 is 16.8. The minimum Gasteiger partial charge on any atom is -0.490 e. The molecule has 0 spiro atoms. The van der Waals surface area contributed by atoms with Gasteiger partial charge in [0, 0.05) is 43.9 Å². The zero-order valence-corrected chi connectivity index (χ0v) is 19.8. The van der Waals surface area contributed by atoms with Crippen LogP contribution in [0.15, 0.2) is 35.6 Å². The zero-order chi connectivity index (χ0) is 23.6. The number of aromatic nitrogens is 2. The van der Waals surface area contributed by atoms with Crippen molar-refractivity contribution in [2.75, 3.05) is 37.9 Å². The van der Waals surface area contributed by atoms with Gasteiger partial charge in [-0.2, -0.15) is 0 Å². The van der Waals surface area contributed by atoms with Crippen LogP contribution in [0.4, 0.5) is 16.3 Å². The van der Waals surface area contributed by atoms with Crippen LogP contribution in [0.25, 0.3) is 0 Å². The van der Waals surface area contributed by atoms with Gasteiger partial charge in [0.25, 0.3) is 0 Å². The molecule has 33 heavy (non-hydrogen) atoms. The number of rotatable bonds is 10. The highest BCUT2D eigenvalue weighted by atomic mass is 32.2. The molecule has 0 amide bonds. The number of anilines is 2. The molecular formula is C22H30N4O6S. The second-order valence-corrected chi connectivity index (χ2v) is 8.64. The number of nitrogens with one attached hydrogen (secondary N) is 1. The maximum Gasteiger partial charge on any atom is 0.528 e. The van der Waals surface area contributed by atoms with E-state index in [1.807, 2.05) is 12.1 Å². The van der Waals surface area contributed by atoms with Gasteiger partial charge in [-0.05, 0) is 26.0 Å². The number of nitrogens with zero attached hydrogens (tertiary/aromatic N) is 3. The average Bonchev–Trinajstić information content (AvgIpc) is 2.79. The molecule has 0 atom stereocenters. The number of aliphatic hydroxyl groups is 1. The number of hydroxylamine groups is 2. The molecule has 3 rings (SSSR count). The Morgan fingerprint density at radius 1 is 1.27 bits per heavy atom. The van der Waals surface area contributed by atoms with E-state index in [1.165, 1.54) is 11.8 Å². The predicted molar refractivity (Wildman–Crippen MR) is 124 cm³/mol. The van der Waals surface area contributed by atoms with Crippen molar-refractivity contribution in [2.24, 2.45) is 0 Å². The number of thioether (sulfide) groups is 1. The molecule has 10 nitrogen and oxygen atoms in total. The van der Waals surface area contributed by atoms with E-state index in [1.54, 1.807) is 44.5 Å². The lowest BCUT2D eigenvalue weighted by atomic mass is 10.1. The molecule has 0 aromatic carbocycles. The highest BCUT2D eigenvalue weighted by Crippen LogP contribution is 2.36. The molecule has 0 unspecified atom stereocenters. The second-order valence-electron chi connectivity index (χ2n) is 7.53. The van der Waals surface area contributed by atoms with Gasteiger partial charge >= 0.3 is 6.16 Å². The number of carbonyl (C=O) groups is 1. The SMILES string of the molecule is COc1c(OC2CCN(OC(=O)OC(C)C)CC2)ccnc1Nc1ccc(SCCO)nc1. The summed E-state index contributed by atoms with van der Waals surface area (Å²) >= 11 is 1.48.